The van der Waals surface area contributed by atoms with Crippen molar-refractivity contribution in [1.29, 1.82) is 0 Å². The third-order valence-electron chi connectivity index (χ3n) is 3.73. The first kappa shape index (κ1) is 19.4. The molecule has 2 rings (SSSR count). The van der Waals surface area contributed by atoms with Gasteiger partial charge in [-0.15, -0.1) is 0 Å². The monoisotopic (exact) mass is 358 g/mol. The van der Waals surface area contributed by atoms with Crippen molar-refractivity contribution in [3.8, 4) is 11.5 Å². The number of aliphatic carboxylic acids is 1. The summed E-state index contributed by atoms with van der Waals surface area (Å²) in [5, 5.41) is 15.4. The molecule has 6 N–H and O–H groups in total. The summed E-state index contributed by atoms with van der Waals surface area (Å²) in [6.07, 6.45) is 0.635. The lowest BCUT2D eigenvalue weighted by Gasteiger charge is -2.16. The van der Waals surface area contributed by atoms with Crippen LogP contribution in [0, 0.1) is 0 Å². The highest BCUT2D eigenvalue weighted by atomic mass is 16.5. The van der Waals surface area contributed by atoms with E-state index in [4.69, 9.17) is 4.74 Å². The minimum absolute atomic E-state index is 0.151. The van der Waals surface area contributed by atoms with E-state index in [0.29, 0.717) is 18.0 Å². The van der Waals surface area contributed by atoms with Crippen molar-refractivity contribution < 1.29 is 30.5 Å². The Labute approximate surface area is 152 Å². The van der Waals surface area contributed by atoms with E-state index in [9.17, 15) is 14.7 Å². The number of benzene rings is 2. The fourth-order valence-corrected chi connectivity index (χ4v) is 2.37. The van der Waals surface area contributed by atoms with Crippen LogP contribution in [0.5, 0.6) is 11.5 Å². The zero-order valence-electron chi connectivity index (χ0n) is 14.5. The van der Waals surface area contributed by atoms with Gasteiger partial charge in [0.2, 0.25) is 5.91 Å². The van der Waals surface area contributed by atoms with Gasteiger partial charge in [-0.25, -0.2) is 0 Å². The van der Waals surface area contributed by atoms with E-state index in [1.54, 1.807) is 29.6 Å². The molecule has 7 nitrogen and oxygen atoms in total. The Hall–Kier alpha value is -2.90. The van der Waals surface area contributed by atoms with E-state index in [1.165, 1.54) is 0 Å². The molecule has 0 saturated heterocycles. The third kappa shape index (κ3) is 6.54. The first-order chi connectivity index (χ1) is 12.6. The Kier molecular flexibility index (Phi) is 7.60. The van der Waals surface area contributed by atoms with Gasteiger partial charge < -0.3 is 31.0 Å². The quantitative estimate of drug-likeness (QED) is 0.477. The van der Waals surface area contributed by atoms with E-state index < -0.39 is 12.0 Å². The maximum absolute atomic E-state index is 12.1. The Balaban J connectivity index is 1.87. The standard InChI is InChI=1S/C19H23N3O4/c20-11-4-12-21-17(19(24)25)13-18(23)22-14-7-9-16(10-8-14)26-15-5-2-1-3-6-15/h1-3,5-10,17,21H,4,11-13,20H2,(H,22,23)(H,24,25)/p+1/t17-/m0/s1. The predicted octanol–water partition coefficient (Wildman–Crippen LogP) is -0.879. The van der Waals surface area contributed by atoms with Crippen LogP contribution in [0.2, 0.25) is 0 Å². The van der Waals surface area contributed by atoms with Crippen molar-refractivity contribution in [2.24, 2.45) is 0 Å². The Bertz CT molecular complexity index is 704. The summed E-state index contributed by atoms with van der Waals surface area (Å²) in [6, 6.07) is 15.3. The molecule has 0 heterocycles. The molecule has 0 radical (unpaired) electrons. The van der Waals surface area contributed by atoms with E-state index in [1.807, 2.05) is 30.3 Å². The number of para-hydroxylation sites is 1. The maximum atomic E-state index is 12.1. The summed E-state index contributed by atoms with van der Waals surface area (Å²) in [5.41, 5.74) is 4.28. The van der Waals surface area contributed by atoms with Crippen molar-refractivity contribution in [3.05, 3.63) is 54.6 Å². The number of quaternary nitrogens is 2. The summed E-state index contributed by atoms with van der Waals surface area (Å²) < 4.78 is 5.68. The van der Waals surface area contributed by atoms with Gasteiger partial charge >= 0.3 is 0 Å². The van der Waals surface area contributed by atoms with Crippen LogP contribution in [0.3, 0.4) is 0 Å². The van der Waals surface area contributed by atoms with Crippen LogP contribution in [0.4, 0.5) is 5.69 Å². The van der Waals surface area contributed by atoms with Gasteiger partial charge in [0.05, 0.1) is 25.5 Å². The number of nitrogens with two attached hydrogens (primary N) is 1. The summed E-state index contributed by atoms with van der Waals surface area (Å²) in [6.45, 7) is 1.32. The van der Waals surface area contributed by atoms with Gasteiger partial charge in [0, 0.05) is 12.1 Å². The van der Waals surface area contributed by atoms with Crippen LogP contribution in [0.15, 0.2) is 54.6 Å². The van der Waals surface area contributed by atoms with Crippen LogP contribution in [0.1, 0.15) is 12.8 Å². The summed E-state index contributed by atoms with van der Waals surface area (Å²) in [5.74, 6) is -0.250. The first-order valence-corrected chi connectivity index (χ1v) is 8.54. The molecule has 2 aromatic rings. The molecule has 0 aliphatic heterocycles. The van der Waals surface area contributed by atoms with Gasteiger partial charge in [-0.05, 0) is 36.4 Å². The smallest absolute Gasteiger partial charge is 0.230 e. The van der Waals surface area contributed by atoms with E-state index in [0.717, 1.165) is 18.7 Å². The number of ether oxygens (including phenoxy) is 1. The van der Waals surface area contributed by atoms with Gasteiger partial charge in [-0.1, -0.05) is 18.2 Å². The molecule has 0 saturated carbocycles. The number of carbonyl (C=O) groups excluding carboxylic acids is 2. The number of nitrogens with one attached hydrogen (secondary N) is 1. The lowest BCUT2D eigenvalue weighted by atomic mass is 10.2. The van der Waals surface area contributed by atoms with Crippen LogP contribution >= 0.6 is 0 Å². The largest absolute Gasteiger partial charge is 0.544 e. The van der Waals surface area contributed by atoms with Crippen molar-refractivity contribution in [2.75, 3.05) is 18.4 Å². The molecule has 1 atom stereocenters. The molecule has 0 bridgehead atoms. The number of amides is 1. The first-order valence-electron chi connectivity index (χ1n) is 8.54. The van der Waals surface area contributed by atoms with Crippen LogP contribution in [-0.4, -0.2) is 31.0 Å². The number of carboxylic acids is 1. The van der Waals surface area contributed by atoms with Gasteiger partial charge in [0.15, 0.2) is 0 Å². The predicted molar refractivity (Wildman–Crippen MR) is 94.2 cm³/mol. The molecule has 7 heteroatoms. The zero-order valence-corrected chi connectivity index (χ0v) is 14.5. The molecule has 0 fully saturated rings. The van der Waals surface area contributed by atoms with Crippen LogP contribution < -0.4 is 26.2 Å². The Morgan fingerprint density at radius 3 is 2.35 bits per heavy atom. The molecule has 0 spiro atoms. The van der Waals surface area contributed by atoms with Gasteiger partial charge in [0.1, 0.15) is 17.5 Å². The van der Waals surface area contributed by atoms with Gasteiger partial charge in [-0.2, -0.15) is 0 Å². The second kappa shape index (κ2) is 10.2. The minimum Gasteiger partial charge on any atom is -0.544 e. The molecule has 2 aromatic carbocycles. The molecule has 0 aromatic heterocycles. The van der Waals surface area contributed by atoms with Crippen LogP contribution in [-0.2, 0) is 9.59 Å². The minimum atomic E-state index is -1.24. The third-order valence-corrected chi connectivity index (χ3v) is 3.73. The fraction of sp³-hybridized carbons (Fsp3) is 0.263. The summed E-state index contributed by atoms with van der Waals surface area (Å²) in [4.78, 5) is 23.2. The zero-order chi connectivity index (χ0) is 18.8. The molecule has 0 aliphatic carbocycles. The number of hydrogen-bond donors (Lipinski definition) is 3. The van der Waals surface area contributed by atoms with E-state index in [-0.39, 0.29) is 12.3 Å². The molecule has 0 unspecified atom stereocenters. The highest BCUT2D eigenvalue weighted by Crippen LogP contribution is 2.22. The summed E-state index contributed by atoms with van der Waals surface area (Å²) >= 11 is 0. The normalized spacial score (nSPS) is 11.6. The second-order valence-electron chi connectivity index (χ2n) is 5.85. The SMILES string of the molecule is [NH3+]CCC[NH2+][C@@H](CC(=O)Nc1ccc(Oc2ccccc2)cc1)C(=O)[O-]. The Morgan fingerprint density at radius 1 is 1.08 bits per heavy atom. The Morgan fingerprint density at radius 2 is 1.73 bits per heavy atom. The number of hydrogen-bond acceptors (Lipinski definition) is 4. The lowest BCUT2D eigenvalue weighted by Crippen LogP contribution is -2.93. The molecular formula is C19H24N3O4+. The van der Waals surface area contributed by atoms with Crippen molar-refractivity contribution >= 4 is 17.6 Å². The highest BCUT2D eigenvalue weighted by Gasteiger charge is 2.18. The molecule has 1 amide bonds. The maximum Gasteiger partial charge on any atom is 0.230 e. The van der Waals surface area contributed by atoms with Crippen molar-refractivity contribution in [2.45, 2.75) is 18.9 Å². The number of carboxylic acid groups (broad SMARTS) is 1. The average Bonchev–Trinajstić information content (AvgIpc) is 2.63. The topological polar surface area (TPSA) is 123 Å². The van der Waals surface area contributed by atoms with Crippen LogP contribution in [0.25, 0.3) is 0 Å². The number of rotatable bonds is 10. The van der Waals surface area contributed by atoms with Gasteiger partial charge in [0.25, 0.3) is 0 Å². The fourth-order valence-electron chi connectivity index (χ4n) is 2.37. The molecule has 26 heavy (non-hydrogen) atoms. The number of anilines is 1. The van der Waals surface area contributed by atoms with Gasteiger partial charge in [-0.3, -0.25) is 4.79 Å². The second-order valence-corrected chi connectivity index (χ2v) is 5.85. The highest BCUT2D eigenvalue weighted by molar-refractivity contribution is 5.93. The average molecular weight is 358 g/mol. The molecule has 138 valence electrons. The molecule has 0 aliphatic rings. The van der Waals surface area contributed by atoms with Crippen molar-refractivity contribution in [3.63, 3.8) is 0 Å². The van der Waals surface area contributed by atoms with E-state index in [2.05, 4.69) is 11.1 Å². The number of carbonyl (C=O) groups is 2. The summed E-state index contributed by atoms with van der Waals surface area (Å²) in [7, 11) is 0. The van der Waals surface area contributed by atoms with E-state index >= 15 is 0 Å². The van der Waals surface area contributed by atoms with Crippen molar-refractivity contribution in [1.82, 2.24) is 0 Å². The lowest BCUT2D eigenvalue weighted by molar-refractivity contribution is -0.684. The molecular weight excluding hydrogens is 334 g/mol.